The molecule has 4 rings (SSSR count). The number of benzene rings is 2. The highest BCUT2D eigenvalue weighted by Gasteiger charge is 2.31. The number of aliphatic hydroxyl groups is 1. The Balaban J connectivity index is 1.64. The zero-order valence-electron chi connectivity index (χ0n) is 13.4. The molecule has 0 aromatic heterocycles. The Morgan fingerprint density at radius 2 is 1.83 bits per heavy atom. The lowest BCUT2D eigenvalue weighted by Crippen LogP contribution is -2.40. The van der Waals surface area contributed by atoms with Gasteiger partial charge in [-0.2, -0.15) is 0 Å². The van der Waals surface area contributed by atoms with Gasteiger partial charge in [0.05, 0.1) is 6.10 Å². The third-order valence-electron chi connectivity index (χ3n) is 5.49. The Kier molecular flexibility index (Phi) is 4.33. The van der Waals surface area contributed by atoms with Gasteiger partial charge < -0.3 is 10.4 Å². The summed E-state index contributed by atoms with van der Waals surface area (Å²) in [6.45, 7) is 1.66. The van der Waals surface area contributed by atoms with Crippen LogP contribution in [0.3, 0.4) is 0 Å². The highest BCUT2D eigenvalue weighted by Crippen LogP contribution is 2.48. The van der Waals surface area contributed by atoms with Crippen LogP contribution >= 0.6 is 11.6 Å². The largest absolute Gasteiger partial charge is 0.392 e. The predicted molar refractivity (Wildman–Crippen MR) is 94.9 cm³/mol. The van der Waals surface area contributed by atoms with Gasteiger partial charge in [0.25, 0.3) is 0 Å². The van der Waals surface area contributed by atoms with E-state index < -0.39 is 0 Å². The minimum atomic E-state index is -0.266. The first kappa shape index (κ1) is 16.1. The molecule has 0 radical (unpaired) electrons. The summed E-state index contributed by atoms with van der Waals surface area (Å²) in [4.78, 5) is 0. The van der Waals surface area contributed by atoms with Crippen LogP contribution < -0.4 is 5.32 Å². The lowest BCUT2D eigenvalue weighted by Gasteiger charge is -2.29. The molecule has 2 aliphatic rings. The minimum Gasteiger partial charge on any atom is -0.392 e. The average Bonchev–Trinajstić information content (AvgIpc) is 2.87. The molecule has 1 aliphatic heterocycles. The lowest BCUT2D eigenvalue weighted by atomic mass is 9.84. The van der Waals surface area contributed by atoms with Crippen LogP contribution in [0.2, 0.25) is 5.02 Å². The zero-order chi connectivity index (χ0) is 16.7. The molecule has 0 amide bonds. The SMILES string of the molecule is O[C@H]1CNCC[C@@H]1CCC1c2ccc(F)cc2-c2cc(Cl)ccc21. The number of piperidine rings is 1. The van der Waals surface area contributed by atoms with E-state index in [9.17, 15) is 9.50 Å². The van der Waals surface area contributed by atoms with E-state index in [1.807, 2.05) is 18.2 Å². The standard InChI is InChI=1S/C20H21ClFNO/c21-13-2-5-16-15(4-1-12-7-8-23-11-20(12)24)17-6-3-14(22)10-19(17)18(16)9-13/h2-3,5-6,9-10,12,15,20,23-24H,1,4,7-8,11H2/t12-,15?,20-/m0/s1. The average molecular weight is 346 g/mol. The van der Waals surface area contributed by atoms with E-state index in [0.717, 1.165) is 36.9 Å². The summed E-state index contributed by atoms with van der Waals surface area (Å²) in [5.41, 5.74) is 4.41. The van der Waals surface area contributed by atoms with Crippen molar-refractivity contribution in [3.8, 4) is 11.1 Å². The molecule has 1 saturated heterocycles. The molecule has 1 unspecified atom stereocenters. The summed E-state index contributed by atoms with van der Waals surface area (Å²) < 4.78 is 13.7. The number of fused-ring (bicyclic) bond motifs is 3. The minimum absolute atomic E-state index is 0.214. The van der Waals surface area contributed by atoms with Gasteiger partial charge in [-0.15, -0.1) is 0 Å². The monoisotopic (exact) mass is 345 g/mol. The molecule has 1 fully saturated rings. The Morgan fingerprint density at radius 1 is 1.08 bits per heavy atom. The maximum atomic E-state index is 13.7. The van der Waals surface area contributed by atoms with Crippen molar-refractivity contribution in [2.75, 3.05) is 13.1 Å². The second-order valence-electron chi connectivity index (χ2n) is 6.91. The predicted octanol–water partition coefficient (Wildman–Crippen LogP) is 4.34. The van der Waals surface area contributed by atoms with Gasteiger partial charge in [0.1, 0.15) is 5.82 Å². The Labute approximate surface area is 146 Å². The summed E-state index contributed by atoms with van der Waals surface area (Å²) in [6, 6.07) is 11.0. The van der Waals surface area contributed by atoms with Crippen molar-refractivity contribution in [3.63, 3.8) is 0 Å². The Hall–Kier alpha value is -1.42. The maximum absolute atomic E-state index is 13.7. The Morgan fingerprint density at radius 3 is 2.62 bits per heavy atom. The van der Waals surface area contributed by atoms with E-state index in [4.69, 9.17) is 11.6 Å². The molecule has 2 N–H and O–H groups in total. The van der Waals surface area contributed by atoms with Crippen LogP contribution in [0.15, 0.2) is 36.4 Å². The first-order chi connectivity index (χ1) is 11.6. The van der Waals surface area contributed by atoms with Gasteiger partial charge in [0.2, 0.25) is 0 Å². The topological polar surface area (TPSA) is 32.3 Å². The molecule has 0 saturated carbocycles. The number of aliphatic hydroxyl groups excluding tert-OH is 1. The lowest BCUT2D eigenvalue weighted by molar-refractivity contribution is 0.0755. The summed E-state index contributed by atoms with van der Waals surface area (Å²) >= 11 is 6.16. The molecule has 3 atom stereocenters. The van der Waals surface area contributed by atoms with Crippen LogP contribution in [0, 0.1) is 11.7 Å². The molecule has 1 aliphatic carbocycles. The maximum Gasteiger partial charge on any atom is 0.123 e. The van der Waals surface area contributed by atoms with Gasteiger partial charge in [-0.25, -0.2) is 4.39 Å². The van der Waals surface area contributed by atoms with Crippen molar-refractivity contribution >= 4 is 11.6 Å². The molecule has 2 aromatic rings. The van der Waals surface area contributed by atoms with Gasteiger partial charge in [-0.05, 0) is 78.2 Å². The normalized spacial score (nSPS) is 25.4. The van der Waals surface area contributed by atoms with Crippen LogP contribution in [0.25, 0.3) is 11.1 Å². The molecule has 0 spiro atoms. The number of halogens is 2. The third kappa shape index (κ3) is 2.85. The molecule has 2 nitrogen and oxygen atoms in total. The quantitative estimate of drug-likeness (QED) is 0.867. The molecular weight excluding hydrogens is 325 g/mol. The van der Waals surface area contributed by atoms with E-state index in [0.29, 0.717) is 17.5 Å². The van der Waals surface area contributed by atoms with E-state index >= 15 is 0 Å². The second kappa shape index (κ2) is 6.47. The van der Waals surface area contributed by atoms with Crippen LogP contribution in [0.4, 0.5) is 4.39 Å². The van der Waals surface area contributed by atoms with Crippen molar-refractivity contribution < 1.29 is 9.50 Å². The van der Waals surface area contributed by atoms with Crippen molar-refractivity contribution in [1.29, 1.82) is 0 Å². The third-order valence-corrected chi connectivity index (χ3v) is 5.72. The summed E-state index contributed by atoms with van der Waals surface area (Å²) in [6.07, 6.45) is 2.69. The van der Waals surface area contributed by atoms with Crippen molar-refractivity contribution in [2.45, 2.75) is 31.3 Å². The van der Waals surface area contributed by atoms with Gasteiger partial charge in [-0.1, -0.05) is 23.7 Å². The van der Waals surface area contributed by atoms with Crippen LogP contribution in [0.5, 0.6) is 0 Å². The molecule has 4 heteroatoms. The zero-order valence-corrected chi connectivity index (χ0v) is 14.2. The molecule has 126 valence electrons. The van der Waals surface area contributed by atoms with Crippen molar-refractivity contribution in [2.24, 2.45) is 5.92 Å². The van der Waals surface area contributed by atoms with Gasteiger partial charge >= 0.3 is 0 Å². The number of β-amino-alcohol motifs (C(OH)–C–C–N with tert-alkyl or cyclic N) is 1. The second-order valence-corrected chi connectivity index (χ2v) is 7.35. The first-order valence-corrected chi connectivity index (χ1v) is 8.99. The Bertz CT molecular complexity index is 712. The van der Waals surface area contributed by atoms with E-state index in [2.05, 4.69) is 11.4 Å². The fraction of sp³-hybridized carbons (Fsp3) is 0.400. The number of nitrogens with one attached hydrogen (secondary N) is 1. The number of hydrogen-bond donors (Lipinski definition) is 2. The fourth-order valence-electron chi connectivity index (χ4n) is 4.22. The summed E-state index contributed by atoms with van der Waals surface area (Å²) in [5, 5.41) is 14.1. The van der Waals surface area contributed by atoms with Crippen molar-refractivity contribution in [1.82, 2.24) is 5.32 Å². The fourth-order valence-corrected chi connectivity index (χ4v) is 4.40. The number of hydrogen-bond acceptors (Lipinski definition) is 2. The van der Waals surface area contributed by atoms with Crippen LogP contribution in [0.1, 0.15) is 36.3 Å². The van der Waals surface area contributed by atoms with Crippen LogP contribution in [-0.4, -0.2) is 24.3 Å². The van der Waals surface area contributed by atoms with E-state index in [-0.39, 0.29) is 17.8 Å². The molecule has 0 bridgehead atoms. The van der Waals surface area contributed by atoms with E-state index in [1.54, 1.807) is 12.1 Å². The highest BCUT2D eigenvalue weighted by atomic mass is 35.5. The molecule has 1 heterocycles. The van der Waals surface area contributed by atoms with Gasteiger partial charge in [0, 0.05) is 17.5 Å². The van der Waals surface area contributed by atoms with Gasteiger partial charge in [-0.3, -0.25) is 0 Å². The number of rotatable bonds is 3. The molecular formula is C20H21ClFNO. The summed E-state index contributed by atoms with van der Waals surface area (Å²) in [5.74, 6) is 0.385. The van der Waals surface area contributed by atoms with Gasteiger partial charge in [0.15, 0.2) is 0 Å². The van der Waals surface area contributed by atoms with Crippen LogP contribution in [-0.2, 0) is 0 Å². The molecule has 2 aromatic carbocycles. The molecule has 24 heavy (non-hydrogen) atoms. The van der Waals surface area contributed by atoms with E-state index in [1.165, 1.54) is 11.1 Å². The first-order valence-electron chi connectivity index (χ1n) is 8.61. The summed E-state index contributed by atoms with van der Waals surface area (Å²) in [7, 11) is 0. The highest BCUT2D eigenvalue weighted by molar-refractivity contribution is 6.31. The smallest absolute Gasteiger partial charge is 0.123 e. The van der Waals surface area contributed by atoms with Crippen molar-refractivity contribution in [3.05, 3.63) is 58.4 Å².